The number of halogens is 2. The zero-order valence-corrected chi connectivity index (χ0v) is 13.0. The predicted molar refractivity (Wildman–Crippen MR) is 87.3 cm³/mol. The number of nitrogens with one attached hydrogen (secondary N) is 1. The van der Waals surface area contributed by atoms with Crippen molar-refractivity contribution in [1.82, 2.24) is 0 Å². The van der Waals surface area contributed by atoms with E-state index in [0.717, 1.165) is 24.1 Å². The molecular formula is C17H15Cl2NO. The number of carbonyl (C=O) groups excluding carboxylic acids is 1. The van der Waals surface area contributed by atoms with Crippen molar-refractivity contribution in [2.45, 2.75) is 25.7 Å². The van der Waals surface area contributed by atoms with E-state index >= 15 is 0 Å². The highest BCUT2D eigenvalue weighted by Gasteiger charge is 2.12. The van der Waals surface area contributed by atoms with Crippen molar-refractivity contribution in [3.8, 4) is 0 Å². The Balaban J connectivity index is 1.67. The molecule has 1 aliphatic carbocycles. The first-order chi connectivity index (χ1) is 10.1. The lowest BCUT2D eigenvalue weighted by Gasteiger charge is -2.08. The van der Waals surface area contributed by atoms with Crippen LogP contribution in [0.2, 0.25) is 10.0 Å². The van der Waals surface area contributed by atoms with Gasteiger partial charge in [0.05, 0.1) is 16.5 Å². The van der Waals surface area contributed by atoms with Crippen LogP contribution in [-0.4, -0.2) is 5.91 Å². The maximum absolute atomic E-state index is 12.1. The van der Waals surface area contributed by atoms with Gasteiger partial charge < -0.3 is 5.32 Å². The summed E-state index contributed by atoms with van der Waals surface area (Å²) in [5.74, 6) is -0.0497. The minimum atomic E-state index is -0.0497. The fourth-order valence-corrected chi connectivity index (χ4v) is 3.01. The quantitative estimate of drug-likeness (QED) is 0.875. The first-order valence-electron chi connectivity index (χ1n) is 6.97. The van der Waals surface area contributed by atoms with Crippen molar-refractivity contribution >= 4 is 34.8 Å². The summed E-state index contributed by atoms with van der Waals surface area (Å²) in [5.41, 5.74) is 4.46. The van der Waals surface area contributed by atoms with Crippen LogP contribution in [0, 0.1) is 0 Å². The number of amides is 1. The second-order valence-corrected chi connectivity index (χ2v) is 6.12. The molecule has 0 aromatic heterocycles. The molecule has 0 atom stereocenters. The summed E-state index contributed by atoms with van der Waals surface area (Å²) >= 11 is 11.8. The topological polar surface area (TPSA) is 29.1 Å². The number of hydrogen-bond donors (Lipinski definition) is 1. The van der Waals surface area contributed by atoms with Crippen LogP contribution in [0.25, 0.3) is 0 Å². The van der Waals surface area contributed by atoms with E-state index in [9.17, 15) is 4.79 Å². The Kier molecular flexibility index (Phi) is 4.18. The van der Waals surface area contributed by atoms with Crippen molar-refractivity contribution < 1.29 is 4.79 Å². The number of anilines is 1. The lowest BCUT2D eigenvalue weighted by atomic mass is 10.1. The van der Waals surface area contributed by atoms with E-state index in [4.69, 9.17) is 23.2 Å². The van der Waals surface area contributed by atoms with Crippen LogP contribution < -0.4 is 5.32 Å². The van der Waals surface area contributed by atoms with Gasteiger partial charge in [-0.25, -0.2) is 0 Å². The van der Waals surface area contributed by atoms with Gasteiger partial charge in [0.15, 0.2) is 0 Å². The highest BCUT2D eigenvalue weighted by molar-refractivity contribution is 6.42. The smallest absolute Gasteiger partial charge is 0.228 e. The monoisotopic (exact) mass is 319 g/mol. The van der Waals surface area contributed by atoms with E-state index in [-0.39, 0.29) is 12.3 Å². The van der Waals surface area contributed by atoms with Crippen LogP contribution in [0.15, 0.2) is 36.4 Å². The van der Waals surface area contributed by atoms with E-state index in [1.165, 1.54) is 17.5 Å². The van der Waals surface area contributed by atoms with Crippen molar-refractivity contribution in [3.63, 3.8) is 0 Å². The zero-order chi connectivity index (χ0) is 14.8. The molecule has 0 spiro atoms. The van der Waals surface area contributed by atoms with Gasteiger partial charge in [0.1, 0.15) is 0 Å². The first kappa shape index (κ1) is 14.4. The first-order valence-corrected chi connectivity index (χ1v) is 7.73. The third-order valence-electron chi connectivity index (χ3n) is 3.73. The predicted octanol–water partition coefficient (Wildman–Crippen LogP) is 4.66. The van der Waals surface area contributed by atoms with Crippen LogP contribution >= 0.6 is 23.2 Å². The third-order valence-corrected chi connectivity index (χ3v) is 4.47. The molecule has 2 nitrogen and oxygen atoms in total. The number of benzene rings is 2. The molecule has 21 heavy (non-hydrogen) atoms. The lowest BCUT2D eigenvalue weighted by Crippen LogP contribution is -2.14. The second kappa shape index (κ2) is 6.08. The summed E-state index contributed by atoms with van der Waals surface area (Å²) in [4.78, 5) is 12.1. The fourth-order valence-electron chi connectivity index (χ4n) is 2.69. The molecule has 0 saturated heterocycles. The SMILES string of the molecule is O=C(Cc1ccc(Cl)c(Cl)c1)Nc1ccc2c(c1)CCC2. The Labute approximate surface area is 134 Å². The number of fused-ring (bicyclic) bond motifs is 1. The molecule has 4 heteroatoms. The molecule has 2 aromatic carbocycles. The molecule has 0 unspecified atom stereocenters. The van der Waals surface area contributed by atoms with Gasteiger partial charge in [-0.2, -0.15) is 0 Å². The Bertz CT molecular complexity index is 697. The maximum Gasteiger partial charge on any atom is 0.228 e. The Morgan fingerprint density at radius 3 is 2.62 bits per heavy atom. The van der Waals surface area contributed by atoms with E-state index < -0.39 is 0 Å². The molecule has 3 rings (SSSR count). The molecule has 0 bridgehead atoms. The number of rotatable bonds is 3. The summed E-state index contributed by atoms with van der Waals surface area (Å²) in [6, 6.07) is 11.4. The Morgan fingerprint density at radius 2 is 1.81 bits per heavy atom. The Morgan fingerprint density at radius 1 is 1.00 bits per heavy atom. The standard InChI is InChI=1S/C17H15Cl2NO/c18-15-7-4-11(8-16(15)19)9-17(21)20-14-6-5-12-2-1-3-13(12)10-14/h4-8,10H,1-3,9H2,(H,20,21). The average molecular weight is 320 g/mol. The second-order valence-electron chi connectivity index (χ2n) is 5.31. The molecule has 0 heterocycles. The maximum atomic E-state index is 12.1. The number of hydrogen-bond acceptors (Lipinski definition) is 1. The highest BCUT2D eigenvalue weighted by Crippen LogP contribution is 2.25. The average Bonchev–Trinajstić information content (AvgIpc) is 2.90. The van der Waals surface area contributed by atoms with Crippen LogP contribution in [0.5, 0.6) is 0 Å². The van der Waals surface area contributed by atoms with E-state index in [1.54, 1.807) is 12.1 Å². The molecule has 0 radical (unpaired) electrons. The fraction of sp³-hybridized carbons (Fsp3) is 0.235. The third kappa shape index (κ3) is 3.39. The number of carbonyl (C=O) groups is 1. The normalized spacial score (nSPS) is 13.0. The largest absolute Gasteiger partial charge is 0.326 e. The Hall–Kier alpha value is -1.51. The molecule has 1 N–H and O–H groups in total. The molecule has 2 aromatic rings. The summed E-state index contributed by atoms with van der Waals surface area (Å²) in [7, 11) is 0. The highest BCUT2D eigenvalue weighted by atomic mass is 35.5. The minimum Gasteiger partial charge on any atom is -0.326 e. The van der Waals surface area contributed by atoms with Crippen molar-refractivity contribution in [2.75, 3.05) is 5.32 Å². The van der Waals surface area contributed by atoms with Gasteiger partial charge in [-0.3, -0.25) is 4.79 Å². The molecule has 0 fully saturated rings. The van der Waals surface area contributed by atoms with Gasteiger partial charge in [0.25, 0.3) is 0 Å². The summed E-state index contributed by atoms with van der Waals surface area (Å²) in [6.07, 6.45) is 3.74. The van der Waals surface area contributed by atoms with E-state index in [0.29, 0.717) is 10.0 Å². The van der Waals surface area contributed by atoms with Crippen LogP contribution in [0.4, 0.5) is 5.69 Å². The van der Waals surface area contributed by atoms with Gasteiger partial charge in [0, 0.05) is 5.69 Å². The van der Waals surface area contributed by atoms with Crippen molar-refractivity contribution in [2.24, 2.45) is 0 Å². The van der Waals surface area contributed by atoms with Crippen molar-refractivity contribution in [1.29, 1.82) is 0 Å². The lowest BCUT2D eigenvalue weighted by molar-refractivity contribution is -0.115. The molecular weight excluding hydrogens is 305 g/mol. The summed E-state index contributed by atoms with van der Waals surface area (Å²) in [5, 5.41) is 3.91. The summed E-state index contributed by atoms with van der Waals surface area (Å²) < 4.78 is 0. The van der Waals surface area contributed by atoms with E-state index in [2.05, 4.69) is 17.4 Å². The van der Waals surface area contributed by atoms with Crippen LogP contribution in [-0.2, 0) is 24.1 Å². The van der Waals surface area contributed by atoms with Gasteiger partial charge in [-0.1, -0.05) is 35.3 Å². The van der Waals surface area contributed by atoms with Gasteiger partial charge in [-0.15, -0.1) is 0 Å². The minimum absolute atomic E-state index is 0.0497. The van der Waals surface area contributed by atoms with Crippen LogP contribution in [0.1, 0.15) is 23.1 Å². The molecule has 0 aliphatic heterocycles. The van der Waals surface area contributed by atoms with Gasteiger partial charge in [-0.05, 0) is 60.2 Å². The van der Waals surface area contributed by atoms with Crippen LogP contribution in [0.3, 0.4) is 0 Å². The van der Waals surface area contributed by atoms with E-state index in [1.807, 2.05) is 12.1 Å². The molecule has 108 valence electrons. The van der Waals surface area contributed by atoms with Gasteiger partial charge in [0.2, 0.25) is 5.91 Å². The number of aryl methyl sites for hydroxylation is 2. The van der Waals surface area contributed by atoms with Gasteiger partial charge >= 0.3 is 0 Å². The molecule has 1 amide bonds. The molecule has 0 saturated carbocycles. The molecule has 1 aliphatic rings. The van der Waals surface area contributed by atoms with Crippen molar-refractivity contribution in [3.05, 3.63) is 63.1 Å². The zero-order valence-electron chi connectivity index (χ0n) is 11.5. The summed E-state index contributed by atoms with van der Waals surface area (Å²) in [6.45, 7) is 0.